The fourth-order valence-corrected chi connectivity index (χ4v) is 4.18. The Labute approximate surface area is 204 Å². The molecule has 1 N–H and O–H groups in total. The van der Waals surface area contributed by atoms with Gasteiger partial charge in [0.1, 0.15) is 0 Å². The third kappa shape index (κ3) is 5.49. The Morgan fingerprint density at radius 3 is 2.23 bits per heavy atom. The van der Waals surface area contributed by atoms with E-state index in [1.54, 1.807) is 29.0 Å². The average molecular weight is 469 g/mol. The van der Waals surface area contributed by atoms with E-state index < -0.39 is 5.97 Å². The van der Waals surface area contributed by atoms with Crippen LogP contribution in [0.1, 0.15) is 51.7 Å². The molecule has 3 aromatic carbocycles. The van der Waals surface area contributed by atoms with Crippen LogP contribution in [-0.4, -0.2) is 26.1 Å². The fourth-order valence-electron chi connectivity index (χ4n) is 4.18. The SMILES string of the molecule is CCCCc1cn(C(=O)Cc2ccccc2)c(=O)n1Cc1ccc(-c2ccccc2C(=O)O)cc1. The zero-order valence-corrected chi connectivity index (χ0v) is 19.7. The van der Waals surface area contributed by atoms with E-state index in [-0.39, 0.29) is 23.6 Å². The summed E-state index contributed by atoms with van der Waals surface area (Å²) in [7, 11) is 0. The Balaban J connectivity index is 1.61. The van der Waals surface area contributed by atoms with E-state index in [0.29, 0.717) is 18.5 Å². The largest absolute Gasteiger partial charge is 0.478 e. The number of nitrogens with zero attached hydrogens (tertiary/aromatic N) is 2. The molecule has 4 aromatic rings. The summed E-state index contributed by atoms with van der Waals surface area (Å²) >= 11 is 0. The summed E-state index contributed by atoms with van der Waals surface area (Å²) in [5, 5.41) is 9.48. The zero-order valence-electron chi connectivity index (χ0n) is 19.7. The molecule has 1 heterocycles. The van der Waals surface area contributed by atoms with Gasteiger partial charge in [-0.05, 0) is 41.2 Å². The summed E-state index contributed by atoms with van der Waals surface area (Å²) in [5.41, 5.74) is 3.94. The van der Waals surface area contributed by atoms with Crippen LogP contribution in [-0.2, 0) is 19.4 Å². The molecule has 178 valence electrons. The summed E-state index contributed by atoms with van der Waals surface area (Å²) in [6.07, 6.45) is 4.45. The van der Waals surface area contributed by atoms with E-state index in [0.717, 1.165) is 35.2 Å². The summed E-state index contributed by atoms with van der Waals surface area (Å²) in [4.78, 5) is 37.7. The van der Waals surface area contributed by atoms with Crippen molar-refractivity contribution in [2.45, 2.75) is 39.2 Å². The number of hydrogen-bond donors (Lipinski definition) is 1. The maximum atomic E-state index is 13.2. The molecule has 0 saturated heterocycles. The van der Waals surface area contributed by atoms with E-state index in [2.05, 4.69) is 6.92 Å². The van der Waals surface area contributed by atoms with Gasteiger partial charge in [-0.25, -0.2) is 14.2 Å². The number of carboxylic acids is 1. The van der Waals surface area contributed by atoms with E-state index in [1.165, 1.54) is 4.57 Å². The zero-order chi connectivity index (χ0) is 24.8. The topological polar surface area (TPSA) is 81.3 Å². The third-order valence-electron chi connectivity index (χ3n) is 6.08. The first-order valence-corrected chi connectivity index (χ1v) is 11.8. The Morgan fingerprint density at radius 2 is 1.54 bits per heavy atom. The third-order valence-corrected chi connectivity index (χ3v) is 6.08. The number of aryl methyl sites for hydroxylation is 1. The molecule has 6 nitrogen and oxygen atoms in total. The monoisotopic (exact) mass is 468 g/mol. The van der Waals surface area contributed by atoms with Gasteiger partial charge in [0.05, 0.1) is 18.5 Å². The van der Waals surface area contributed by atoms with Gasteiger partial charge in [0.15, 0.2) is 0 Å². The van der Waals surface area contributed by atoms with Gasteiger partial charge in [-0.15, -0.1) is 0 Å². The molecular weight excluding hydrogens is 440 g/mol. The van der Waals surface area contributed by atoms with Crippen LogP contribution in [0.5, 0.6) is 0 Å². The average Bonchev–Trinajstić information content (AvgIpc) is 3.18. The molecule has 0 atom stereocenters. The summed E-state index contributed by atoms with van der Waals surface area (Å²) in [6, 6.07) is 23.8. The Kier molecular flexibility index (Phi) is 7.41. The highest BCUT2D eigenvalue weighted by atomic mass is 16.4. The van der Waals surface area contributed by atoms with Crippen LogP contribution < -0.4 is 5.69 Å². The van der Waals surface area contributed by atoms with Crippen LogP contribution in [0.15, 0.2) is 89.9 Å². The van der Waals surface area contributed by atoms with Gasteiger partial charge in [-0.1, -0.05) is 86.1 Å². The number of aromatic nitrogens is 2. The van der Waals surface area contributed by atoms with E-state index >= 15 is 0 Å². The van der Waals surface area contributed by atoms with Crippen molar-refractivity contribution in [3.05, 3.63) is 118 Å². The first kappa shape index (κ1) is 24.0. The Bertz CT molecular complexity index is 1380. The van der Waals surface area contributed by atoms with Gasteiger partial charge in [-0.3, -0.25) is 9.36 Å². The molecule has 35 heavy (non-hydrogen) atoms. The lowest BCUT2D eigenvalue weighted by Crippen LogP contribution is -2.30. The van der Waals surface area contributed by atoms with Crippen LogP contribution in [0, 0.1) is 0 Å². The normalized spacial score (nSPS) is 10.9. The summed E-state index contributed by atoms with van der Waals surface area (Å²) in [6.45, 7) is 2.43. The quantitative estimate of drug-likeness (QED) is 0.362. The number of carbonyl (C=O) groups excluding carboxylic acids is 1. The minimum absolute atomic E-state index is 0.162. The second kappa shape index (κ2) is 10.8. The molecule has 0 aliphatic rings. The molecule has 6 heteroatoms. The van der Waals surface area contributed by atoms with Crippen molar-refractivity contribution in [2.75, 3.05) is 0 Å². The molecule has 0 radical (unpaired) electrons. The molecule has 0 aliphatic heterocycles. The van der Waals surface area contributed by atoms with E-state index in [1.807, 2.05) is 60.7 Å². The van der Waals surface area contributed by atoms with Crippen LogP contribution in [0.3, 0.4) is 0 Å². The first-order chi connectivity index (χ1) is 17.0. The van der Waals surface area contributed by atoms with Gasteiger partial charge >= 0.3 is 11.7 Å². The molecule has 0 aliphatic carbocycles. The summed E-state index contributed by atoms with van der Waals surface area (Å²) in [5.74, 6) is -1.23. The number of benzene rings is 3. The number of aromatic carboxylic acids is 1. The van der Waals surface area contributed by atoms with Gasteiger partial charge in [-0.2, -0.15) is 0 Å². The second-order valence-corrected chi connectivity index (χ2v) is 8.57. The minimum Gasteiger partial charge on any atom is -0.478 e. The summed E-state index contributed by atoms with van der Waals surface area (Å²) < 4.78 is 2.90. The maximum absolute atomic E-state index is 13.2. The van der Waals surface area contributed by atoms with Crippen molar-refractivity contribution >= 4 is 11.9 Å². The van der Waals surface area contributed by atoms with E-state index in [4.69, 9.17) is 0 Å². The second-order valence-electron chi connectivity index (χ2n) is 8.57. The molecule has 0 amide bonds. The highest BCUT2D eigenvalue weighted by Gasteiger charge is 2.17. The lowest BCUT2D eigenvalue weighted by atomic mass is 9.99. The molecular formula is C29H28N2O4. The van der Waals surface area contributed by atoms with Crippen LogP contribution >= 0.6 is 0 Å². The van der Waals surface area contributed by atoms with E-state index in [9.17, 15) is 19.5 Å². The van der Waals surface area contributed by atoms with Gasteiger partial charge in [0, 0.05) is 11.9 Å². The number of rotatable bonds is 9. The lowest BCUT2D eigenvalue weighted by Gasteiger charge is -2.10. The van der Waals surface area contributed by atoms with Crippen molar-refractivity contribution in [1.29, 1.82) is 0 Å². The van der Waals surface area contributed by atoms with Crippen molar-refractivity contribution in [1.82, 2.24) is 9.13 Å². The van der Waals surface area contributed by atoms with Crippen molar-refractivity contribution in [3.8, 4) is 11.1 Å². The van der Waals surface area contributed by atoms with Gasteiger partial charge in [0.2, 0.25) is 5.91 Å². The van der Waals surface area contributed by atoms with Crippen LogP contribution in [0.2, 0.25) is 0 Å². The van der Waals surface area contributed by atoms with Crippen molar-refractivity contribution in [3.63, 3.8) is 0 Å². The highest BCUT2D eigenvalue weighted by molar-refractivity contribution is 5.96. The molecule has 0 unspecified atom stereocenters. The fraction of sp³-hybridized carbons (Fsp3) is 0.207. The number of carboxylic acid groups (broad SMARTS) is 1. The first-order valence-electron chi connectivity index (χ1n) is 11.8. The molecule has 0 bridgehead atoms. The molecule has 0 saturated carbocycles. The van der Waals surface area contributed by atoms with Gasteiger partial charge < -0.3 is 5.11 Å². The number of carbonyl (C=O) groups is 2. The highest BCUT2D eigenvalue weighted by Crippen LogP contribution is 2.24. The smallest absolute Gasteiger partial charge is 0.336 e. The number of hydrogen-bond acceptors (Lipinski definition) is 3. The van der Waals surface area contributed by atoms with Crippen LogP contribution in [0.25, 0.3) is 11.1 Å². The molecule has 0 fully saturated rings. The lowest BCUT2D eigenvalue weighted by molar-refractivity contribution is 0.0697. The predicted molar refractivity (Wildman–Crippen MR) is 136 cm³/mol. The Morgan fingerprint density at radius 1 is 0.857 bits per heavy atom. The molecule has 4 rings (SSSR count). The molecule has 1 aromatic heterocycles. The minimum atomic E-state index is -0.974. The number of unbranched alkanes of at least 4 members (excludes halogenated alkanes) is 1. The maximum Gasteiger partial charge on any atom is 0.336 e. The van der Waals surface area contributed by atoms with Gasteiger partial charge in [0.25, 0.3) is 0 Å². The van der Waals surface area contributed by atoms with Crippen LogP contribution in [0.4, 0.5) is 0 Å². The van der Waals surface area contributed by atoms with Crippen molar-refractivity contribution < 1.29 is 14.7 Å². The molecule has 0 spiro atoms. The standard InChI is InChI=1S/C29H28N2O4/c1-2-3-11-24-20-31(27(32)18-21-9-5-4-6-10-21)29(35)30(24)19-22-14-16-23(17-15-22)25-12-7-8-13-26(25)28(33)34/h4-10,12-17,20H,2-3,11,18-19H2,1H3,(H,33,34). The number of imidazole rings is 1. The van der Waals surface area contributed by atoms with Crippen molar-refractivity contribution in [2.24, 2.45) is 0 Å². The Hall–Kier alpha value is -4.19. The predicted octanol–water partition coefficient (Wildman–Crippen LogP) is 5.29.